The number of aromatic nitrogens is 2. The second-order valence-electron chi connectivity index (χ2n) is 4.14. The predicted octanol–water partition coefficient (Wildman–Crippen LogP) is 2.16. The first-order valence-electron chi connectivity index (χ1n) is 5.58. The van der Waals surface area contributed by atoms with Crippen LogP contribution in [0.3, 0.4) is 0 Å². The number of benzene rings is 1. The fourth-order valence-corrected chi connectivity index (χ4v) is 4.19. The molecule has 0 bridgehead atoms. The molecule has 0 radical (unpaired) electrons. The summed E-state index contributed by atoms with van der Waals surface area (Å²) in [5.74, 6) is 0. The fourth-order valence-electron chi connectivity index (χ4n) is 2.09. The number of hydrogen-bond donors (Lipinski definition) is 0. The minimum absolute atomic E-state index is 0.349. The van der Waals surface area contributed by atoms with Gasteiger partial charge >= 0.3 is 106 Å². The maximum atomic E-state index is 4.63. The van der Waals surface area contributed by atoms with Gasteiger partial charge in [-0.25, -0.2) is 0 Å². The maximum absolute atomic E-state index is 4.63. The Kier molecular flexibility index (Phi) is 2.58. The molecule has 0 unspecified atom stereocenters. The van der Waals surface area contributed by atoms with E-state index in [-0.39, 0.29) is 0 Å². The number of hydrogen-bond acceptors (Lipinski definition) is 1. The van der Waals surface area contributed by atoms with Crippen molar-refractivity contribution in [3.05, 3.63) is 52.7 Å². The van der Waals surface area contributed by atoms with Crippen LogP contribution in [0.5, 0.6) is 0 Å². The van der Waals surface area contributed by atoms with Crippen molar-refractivity contribution in [2.75, 3.05) is 0 Å². The average Bonchev–Trinajstić information content (AvgIpc) is 2.74. The van der Waals surface area contributed by atoms with Gasteiger partial charge in [0.2, 0.25) is 0 Å². The molecule has 0 saturated carbocycles. The fraction of sp³-hybridized carbons (Fsp3) is 0.143. The van der Waals surface area contributed by atoms with Crippen molar-refractivity contribution < 1.29 is 4.40 Å². The first-order valence-corrected chi connectivity index (χ1v) is 7.43. The Bertz CT molecular complexity index is 671. The van der Waals surface area contributed by atoms with Crippen LogP contribution in [-0.2, 0) is 0 Å². The van der Waals surface area contributed by atoms with E-state index in [9.17, 15) is 0 Å². The van der Waals surface area contributed by atoms with E-state index in [1.54, 1.807) is 0 Å². The summed E-state index contributed by atoms with van der Waals surface area (Å²) < 4.78 is 3.48. The van der Waals surface area contributed by atoms with Crippen LogP contribution in [0.4, 0.5) is 0 Å². The van der Waals surface area contributed by atoms with Crippen LogP contribution in [0, 0.1) is 13.8 Å². The van der Waals surface area contributed by atoms with E-state index < -0.39 is 0 Å². The number of aryl methyl sites for hydroxylation is 2. The topological polar surface area (TPSA) is 17.0 Å². The van der Waals surface area contributed by atoms with Gasteiger partial charge in [-0.1, -0.05) is 0 Å². The molecule has 2 aromatic heterocycles. The Morgan fingerprint density at radius 1 is 1.12 bits per heavy atom. The van der Waals surface area contributed by atoms with E-state index >= 15 is 0 Å². The standard InChI is InChI=1S/C14H13N2Se/c1-10-8-11(2)16-13(9-17-14(16)15-10)12-6-4-3-5-7-12/h3-9H,1-2H3/q+1. The quantitative estimate of drug-likeness (QED) is 0.495. The van der Waals surface area contributed by atoms with Crippen LogP contribution in [0.15, 0.2) is 41.3 Å². The zero-order valence-corrected chi connectivity index (χ0v) is 11.6. The van der Waals surface area contributed by atoms with Gasteiger partial charge < -0.3 is 0 Å². The van der Waals surface area contributed by atoms with Crippen molar-refractivity contribution in [2.24, 2.45) is 0 Å². The molecule has 0 aliphatic heterocycles. The summed E-state index contributed by atoms with van der Waals surface area (Å²) in [6.07, 6.45) is 0. The van der Waals surface area contributed by atoms with Crippen LogP contribution < -0.4 is 4.40 Å². The zero-order chi connectivity index (χ0) is 11.8. The molecule has 3 heteroatoms. The summed E-state index contributed by atoms with van der Waals surface area (Å²) >= 11 is 0.349. The Labute approximate surface area is 106 Å². The third kappa shape index (κ3) is 1.82. The molecule has 0 atom stereocenters. The Morgan fingerprint density at radius 2 is 1.88 bits per heavy atom. The van der Waals surface area contributed by atoms with Crippen molar-refractivity contribution >= 4 is 19.0 Å². The molecular formula is C14H13N2Se+. The van der Waals surface area contributed by atoms with Gasteiger partial charge in [0.1, 0.15) is 0 Å². The van der Waals surface area contributed by atoms with Gasteiger partial charge in [0.05, 0.1) is 0 Å². The molecule has 3 rings (SSSR count). The normalized spacial score (nSPS) is 10.9. The first-order chi connectivity index (χ1) is 8.25. The van der Waals surface area contributed by atoms with Crippen LogP contribution >= 0.6 is 0 Å². The number of nitrogens with zero attached hydrogens (tertiary/aromatic N) is 2. The molecule has 1 aromatic carbocycles. The summed E-state index contributed by atoms with van der Waals surface area (Å²) in [7, 11) is 0. The van der Waals surface area contributed by atoms with Crippen LogP contribution in [-0.4, -0.2) is 19.5 Å². The summed E-state index contributed by atoms with van der Waals surface area (Å²) in [6, 6.07) is 12.7. The van der Waals surface area contributed by atoms with Crippen LogP contribution in [0.2, 0.25) is 0 Å². The number of fused-ring (bicyclic) bond motifs is 1. The second-order valence-corrected chi connectivity index (χ2v) is 5.90. The molecule has 2 heterocycles. The summed E-state index contributed by atoms with van der Waals surface area (Å²) in [5.41, 5.74) is 4.93. The number of rotatable bonds is 1. The molecule has 3 aromatic rings. The molecule has 0 N–H and O–H groups in total. The molecule has 2 nitrogen and oxygen atoms in total. The molecule has 0 fully saturated rings. The third-order valence-electron chi connectivity index (χ3n) is 2.82. The van der Waals surface area contributed by atoms with Crippen molar-refractivity contribution in [2.45, 2.75) is 13.8 Å². The third-order valence-corrected chi connectivity index (χ3v) is 4.55. The van der Waals surface area contributed by atoms with Crippen molar-refractivity contribution in [3.63, 3.8) is 0 Å². The molecule has 0 aliphatic rings. The van der Waals surface area contributed by atoms with E-state index in [1.165, 1.54) is 21.5 Å². The second kappa shape index (κ2) is 4.10. The van der Waals surface area contributed by atoms with E-state index in [0.29, 0.717) is 14.5 Å². The van der Waals surface area contributed by atoms with Crippen molar-refractivity contribution in [3.8, 4) is 11.3 Å². The predicted molar refractivity (Wildman–Crippen MR) is 69.2 cm³/mol. The van der Waals surface area contributed by atoms with Gasteiger partial charge in [-0.3, -0.25) is 0 Å². The molecule has 0 aliphatic carbocycles. The monoisotopic (exact) mass is 289 g/mol. The van der Waals surface area contributed by atoms with E-state index in [0.717, 1.165) is 5.69 Å². The van der Waals surface area contributed by atoms with Crippen molar-refractivity contribution in [1.82, 2.24) is 4.98 Å². The minimum atomic E-state index is 0.349. The Balaban J connectivity index is 2.32. The molecule has 84 valence electrons. The van der Waals surface area contributed by atoms with E-state index in [2.05, 4.69) is 64.6 Å². The van der Waals surface area contributed by atoms with Gasteiger partial charge in [0.25, 0.3) is 0 Å². The zero-order valence-electron chi connectivity index (χ0n) is 9.84. The Morgan fingerprint density at radius 3 is 2.65 bits per heavy atom. The molecular weight excluding hydrogens is 275 g/mol. The SMILES string of the molecule is Cc1cc(C)[n+]2c(-c3ccccc3)c[se]c2n1. The van der Waals surface area contributed by atoms with Crippen molar-refractivity contribution in [1.29, 1.82) is 0 Å². The summed E-state index contributed by atoms with van der Waals surface area (Å²) in [6.45, 7) is 4.21. The van der Waals surface area contributed by atoms with Gasteiger partial charge in [-0.15, -0.1) is 0 Å². The first kappa shape index (κ1) is 10.7. The summed E-state index contributed by atoms with van der Waals surface area (Å²) in [5, 5.41) is 0. The molecule has 0 saturated heterocycles. The molecule has 0 spiro atoms. The molecule has 0 amide bonds. The summed E-state index contributed by atoms with van der Waals surface area (Å²) in [4.78, 5) is 6.95. The van der Waals surface area contributed by atoms with Gasteiger partial charge in [-0.2, -0.15) is 0 Å². The van der Waals surface area contributed by atoms with Gasteiger partial charge in [0.15, 0.2) is 0 Å². The average molecular weight is 288 g/mol. The van der Waals surface area contributed by atoms with Gasteiger partial charge in [-0.05, 0) is 0 Å². The van der Waals surface area contributed by atoms with E-state index in [4.69, 9.17) is 0 Å². The van der Waals surface area contributed by atoms with Crippen LogP contribution in [0.25, 0.3) is 15.8 Å². The van der Waals surface area contributed by atoms with Gasteiger partial charge in [0, 0.05) is 0 Å². The molecule has 17 heavy (non-hydrogen) atoms. The Hall–Kier alpha value is -1.44. The van der Waals surface area contributed by atoms with Crippen LogP contribution in [0.1, 0.15) is 11.4 Å². The van der Waals surface area contributed by atoms with E-state index in [1.807, 2.05) is 0 Å².